The summed E-state index contributed by atoms with van der Waals surface area (Å²) in [7, 11) is 0. The number of hydrogen-bond donors (Lipinski definition) is 3. The van der Waals surface area contributed by atoms with Gasteiger partial charge in [0.15, 0.2) is 22.7 Å². The van der Waals surface area contributed by atoms with Crippen molar-refractivity contribution in [2.45, 2.75) is 135 Å². The van der Waals surface area contributed by atoms with Gasteiger partial charge in [-0.3, -0.25) is 24.2 Å². The number of allylic oxidation sites excluding steroid dienone is 5. The fourth-order valence-corrected chi connectivity index (χ4v) is 9.27. The zero-order chi connectivity index (χ0) is 56.1. The Balaban J connectivity index is 0.000000144. The smallest absolute Gasteiger partial charge is 0.411 e. The number of carbonyl (C=O) groups excluding carboxylic acids is 6. The number of nitrogens with zero attached hydrogens (tertiary/aromatic N) is 3. The van der Waals surface area contributed by atoms with Crippen molar-refractivity contribution in [3.63, 3.8) is 0 Å². The molecule has 1 unspecified atom stereocenters. The summed E-state index contributed by atoms with van der Waals surface area (Å²) in [5.74, 6) is 2.35. The van der Waals surface area contributed by atoms with Crippen LogP contribution in [-0.4, -0.2) is 147 Å². The van der Waals surface area contributed by atoms with Crippen LogP contribution in [-0.2, 0) is 30.2 Å². The number of amides is 3. The lowest BCUT2D eigenvalue weighted by molar-refractivity contribution is -0.128. The van der Waals surface area contributed by atoms with E-state index in [0.717, 1.165) is 37.2 Å². The number of fused-ring (bicyclic) bond motifs is 3. The first-order valence-corrected chi connectivity index (χ1v) is 26.0. The van der Waals surface area contributed by atoms with Crippen LogP contribution >= 0.6 is 0 Å². The second kappa shape index (κ2) is 22.7. The van der Waals surface area contributed by atoms with E-state index in [-0.39, 0.29) is 54.0 Å². The van der Waals surface area contributed by atoms with Crippen LogP contribution in [0.15, 0.2) is 102 Å². The van der Waals surface area contributed by atoms with E-state index in [1.807, 2.05) is 84.0 Å². The molecule has 7 heterocycles. The van der Waals surface area contributed by atoms with Crippen LogP contribution in [0.2, 0.25) is 0 Å². The van der Waals surface area contributed by atoms with Crippen molar-refractivity contribution in [1.82, 2.24) is 20.0 Å². The summed E-state index contributed by atoms with van der Waals surface area (Å²) in [5.41, 5.74) is 0.701. The molecule has 3 aromatic rings. The van der Waals surface area contributed by atoms with E-state index in [9.17, 15) is 33.9 Å². The third-order valence-electron chi connectivity index (χ3n) is 13.0. The first-order chi connectivity index (χ1) is 36.0. The highest BCUT2D eigenvalue weighted by Gasteiger charge is 2.54. The molecule has 0 bridgehead atoms. The molecule has 8 aliphatic rings. The first kappa shape index (κ1) is 57.4. The number of benzene rings is 3. The predicted octanol–water partition coefficient (Wildman–Crippen LogP) is 8.61. The number of ketones is 3. The number of likely N-dealkylation sites (tertiary alicyclic amines) is 3. The molecule has 412 valence electrons. The maximum absolute atomic E-state index is 12.2. The Hall–Kier alpha value is -7.27. The van der Waals surface area contributed by atoms with Crippen LogP contribution in [0.5, 0.6) is 17.2 Å². The molecule has 0 aromatic heterocycles. The molecule has 3 amide bonds. The van der Waals surface area contributed by atoms with E-state index in [1.165, 1.54) is 17.4 Å². The molecular formula is C59H73N4O14+. The molecule has 3 N–H and O–H groups in total. The number of para-hydroxylation sites is 3. The van der Waals surface area contributed by atoms with E-state index < -0.39 is 40.2 Å². The van der Waals surface area contributed by atoms with E-state index in [0.29, 0.717) is 61.7 Å². The van der Waals surface area contributed by atoms with Crippen molar-refractivity contribution in [2.24, 2.45) is 0 Å². The maximum atomic E-state index is 12.2. The Morgan fingerprint density at radius 3 is 1.68 bits per heavy atom. The lowest BCUT2D eigenvalue weighted by atomic mass is 9.83. The Kier molecular flexibility index (Phi) is 17.0. The van der Waals surface area contributed by atoms with Crippen molar-refractivity contribution in [3.8, 4) is 17.2 Å². The number of carbonyl (C=O) groups is 6. The average molecular weight is 1060 g/mol. The van der Waals surface area contributed by atoms with Crippen molar-refractivity contribution in [1.29, 1.82) is 0 Å². The summed E-state index contributed by atoms with van der Waals surface area (Å²) < 4.78 is 33.7. The Labute approximate surface area is 450 Å². The number of aliphatic hydroxyl groups is 2. The molecule has 0 saturated carbocycles. The number of aryl methyl sites for hydroxylation is 1. The Morgan fingerprint density at radius 2 is 1.16 bits per heavy atom. The van der Waals surface area contributed by atoms with Crippen molar-refractivity contribution >= 4 is 35.6 Å². The fourth-order valence-electron chi connectivity index (χ4n) is 9.27. The van der Waals surface area contributed by atoms with Gasteiger partial charge in [0.2, 0.25) is 5.78 Å². The SMILES string of the molecule is CC(=O)C1=CC=C[C+]=C1O.CC(C)(C)OC(=O)N1CC(=O)C1.CC(C)(C)OC(=O)N1CC2(CC(=O)c3ccccc3O2)C1.CC(C)(C)OC(=O)N1CC2(CC(O)c3ccccc3O2)C1.c1ccc2c(c1)CCC1(CNC1)O2. The molecule has 18 heteroatoms. The third-order valence-corrected chi connectivity index (χ3v) is 13.0. The first-order valence-electron chi connectivity index (χ1n) is 26.0. The maximum Gasteiger partial charge on any atom is 0.411 e. The molecule has 0 radical (unpaired) electrons. The van der Waals surface area contributed by atoms with E-state index in [4.69, 9.17) is 33.5 Å². The van der Waals surface area contributed by atoms with E-state index in [2.05, 4.69) is 29.6 Å². The summed E-state index contributed by atoms with van der Waals surface area (Å²) in [4.78, 5) is 73.1. The second-order valence-electron chi connectivity index (χ2n) is 23.5. The molecule has 4 fully saturated rings. The molecule has 77 heavy (non-hydrogen) atoms. The van der Waals surface area contributed by atoms with Crippen molar-refractivity contribution < 1.29 is 67.4 Å². The molecule has 4 saturated heterocycles. The van der Waals surface area contributed by atoms with Gasteiger partial charge in [0.1, 0.15) is 51.3 Å². The summed E-state index contributed by atoms with van der Waals surface area (Å²) in [6.07, 6.45) is 8.81. The average Bonchev–Trinajstić information content (AvgIpc) is 3.30. The van der Waals surface area contributed by atoms with Crippen LogP contribution in [0.4, 0.5) is 14.4 Å². The quantitative estimate of drug-likeness (QED) is 0.153. The van der Waals surface area contributed by atoms with Crippen LogP contribution < -0.4 is 19.5 Å². The van der Waals surface area contributed by atoms with Gasteiger partial charge in [-0.1, -0.05) is 48.5 Å². The molecule has 18 nitrogen and oxygen atoms in total. The summed E-state index contributed by atoms with van der Waals surface area (Å²) in [5, 5.41) is 22.5. The number of aliphatic hydroxyl groups excluding tert-OH is 2. The molecule has 1 atom stereocenters. The minimum Gasteiger partial charge on any atom is -0.484 e. The van der Waals surface area contributed by atoms with Crippen molar-refractivity contribution in [3.05, 3.63) is 125 Å². The van der Waals surface area contributed by atoms with Gasteiger partial charge in [-0.05, 0) is 105 Å². The number of hydrogen-bond acceptors (Lipinski definition) is 15. The largest absolute Gasteiger partial charge is 0.484 e. The summed E-state index contributed by atoms with van der Waals surface area (Å²) in [6.45, 7) is 21.9. The summed E-state index contributed by atoms with van der Waals surface area (Å²) >= 11 is 0. The highest BCUT2D eigenvalue weighted by molar-refractivity contribution is 6.00. The van der Waals surface area contributed by atoms with Gasteiger partial charge in [0.05, 0.1) is 69.5 Å². The molecule has 11 rings (SSSR count). The van der Waals surface area contributed by atoms with Gasteiger partial charge >= 0.3 is 18.3 Å². The van der Waals surface area contributed by atoms with Gasteiger partial charge in [-0.25, -0.2) is 14.4 Å². The van der Waals surface area contributed by atoms with Gasteiger partial charge in [-0.15, -0.1) is 0 Å². The second-order valence-corrected chi connectivity index (χ2v) is 23.5. The van der Waals surface area contributed by atoms with E-state index >= 15 is 0 Å². The number of ether oxygens (including phenoxy) is 6. The molecular weight excluding hydrogens is 989 g/mol. The van der Waals surface area contributed by atoms with Crippen LogP contribution in [0, 0.1) is 6.08 Å². The van der Waals surface area contributed by atoms with Crippen LogP contribution in [0.3, 0.4) is 0 Å². The molecule has 7 aliphatic heterocycles. The molecule has 3 spiro atoms. The van der Waals surface area contributed by atoms with Crippen molar-refractivity contribution in [2.75, 3.05) is 52.4 Å². The summed E-state index contributed by atoms with van der Waals surface area (Å²) in [6, 6.07) is 23.1. The lowest BCUT2D eigenvalue weighted by Crippen LogP contribution is -2.68. The minimum atomic E-state index is -0.581. The van der Waals surface area contributed by atoms with Gasteiger partial charge in [-0.2, -0.15) is 0 Å². The lowest BCUT2D eigenvalue weighted by Gasteiger charge is -2.52. The molecule has 1 aliphatic carbocycles. The highest BCUT2D eigenvalue weighted by Crippen LogP contribution is 2.44. The third kappa shape index (κ3) is 15.0. The Bertz CT molecular complexity index is 2790. The van der Waals surface area contributed by atoms with Crippen LogP contribution in [0.25, 0.3) is 0 Å². The fraction of sp³-hybridized carbons (Fsp3) is 0.492. The highest BCUT2D eigenvalue weighted by atomic mass is 16.6. The standard InChI is InChI=1S/C16H21NO4.C16H19NO4.C11H13NO.C8H13NO3.C8H6O2/c2*1-15(2,3)21-14(19)17-9-16(10-17)8-12(18)11-6-4-5-7-13(11)20-16;1-2-4-10-9(3-1)5-6-11(13-10)7-12-8-11;1-8(2,3)12-7(11)9-4-6(10)5-9;1-6(9)7-4-2-3-5-8(7)10/h4-7,12,18H,8-10H2,1-3H3;4-7H,8-10H2,1-3H3;1-4,12H,5-8H2;4-5H2,1-3H3;2-4H,1H3/p+1. The Morgan fingerprint density at radius 1 is 0.662 bits per heavy atom. The topological polar surface area (TPSA) is 220 Å². The van der Waals surface area contributed by atoms with Gasteiger partial charge in [0.25, 0.3) is 5.76 Å². The van der Waals surface area contributed by atoms with Gasteiger partial charge in [0, 0.05) is 38.1 Å². The zero-order valence-corrected chi connectivity index (χ0v) is 45.9. The predicted molar refractivity (Wildman–Crippen MR) is 285 cm³/mol. The van der Waals surface area contributed by atoms with Crippen LogP contribution in [0.1, 0.15) is 116 Å². The molecule has 3 aromatic carbocycles. The number of rotatable bonds is 1. The number of Topliss-reactive ketones (excluding diaryl/α,β-unsaturated/α-hetero) is 3. The van der Waals surface area contributed by atoms with Gasteiger partial charge < -0.3 is 48.9 Å². The van der Waals surface area contributed by atoms with E-state index in [1.54, 1.807) is 60.9 Å². The number of nitrogens with one attached hydrogen (secondary N) is 1. The normalized spacial score (nSPS) is 20.2. The minimum absolute atomic E-state index is 0.0701. The zero-order valence-electron chi connectivity index (χ0n) is 45.9. The monoisotopic (exact) mass is 1060 g/mol.